The summed E-state index contributed by atoms with van der Waals surface area (Å²) in [6.45, 7) is 4.04. The molecule has 1 aromatic heterocycles. The number of carbonyl (C=O) groups excluding carboxylic acids is 1. The molecule has 0 fully saturated rings. The molecule has 1 heterocycles. The van der Waals surface area contributed by atoms with Crippen molar-refractivity contribution in [1.29, 1.82) is 0 Å². The van der Waals surface area contributed by atoms with E-state index in [0.717, 1.165) is 28.2 Å². The summed E-state index contributed by atoms with van der Waals surface area (Å²) in [7, 11) is 0. The van der Waals surface area contributed by atoms with Crippen LogP contribution in [-0.4, -0.2) is 26.4 Å². The second-order valence-electron chi connectivity index (χ2n) is 7.34. The molecule has 0 bridgehead atoms. The van der Waals surface area contributed by atoms with Gasteiger partial charge in [-0.3, -0.25) is 9.36 Å². The maximum absolute atomic E-state index is 12.6. The first kappa shape index (κ1) is 20.9. The Morgan fingerprint density at radius 3 is 2.39 bits per heavy atom. The number of nitrogens with zero attached hydrogens (tertiary/aromatic N) is 3. The van der Waals surface area contributed by atoms with Gasteiger partial charge in [0.2, 0.25) is 5.91 Å². The largest absolute Gasteiger partial charge is 0.349 e. The number of benzene rings is 3. The molecule has 0 saturated heterocycles. The van der Waals surface area contributed by atoms with Crippen LogP contribution in [0.5, 0.6) is 0 Å². The van der Waals surface area contributed by atoms with E-state index >= 15 is 0 Å². The fraction of sp³-hybridized carbons (Fsp3) is 0.160. The maximum atomic E-state index is 12.6. The highest BCUT2D eigenvalue weighted by molar-refractivity contribution is 7.99. The van der Waals surface area contributed by atoms with Crippen molar-refractivity contribution in [3.05, 3.63) is 96.1 Å². The van der Waals surface area contributed by atoms with Crippen LogP contribution in [0.4, 0.5) is 0 Å². The van der Waals surface area contributed by atoms with Gasteiger partial charge in [-0.2, -0.15) is 0 Å². The third kappa shape index (κ3) is 5.03. The minimum absolute atomic E-state index is 0.0407. The van der Waals surface area contributed by atoms with E-state index in [1.165, 1.54) is 11.8 Å². The number of thioether (sulfide) groups is 1. The lowest BCUT2D eigenvalue weighted by molar-refractivity contribution is -0.119. The first-order chi connectivity index (χ1) is 15.1. The number of hydrogen-bond acceptors (Lipinski definition) is 4. The molecule has 1 atom stereocenters. The molecule has 0 aliphatic heterocycles. The van der Waals surface area contributed by atoms with Crippen LogP contribution in [0.2, 0.25) is 0 Å². The van der Waals surface area contributed by atoms with E-state index in [2.05, 4.69) is 34.6 Å². The van der Waals surface area contributed by atoms with E-state index in [9.17, 15) is 4.79 Å². The Hall–Kier alpha value is -3.38. The summed E-state index contributed by atoms with van der Waals surface area (Å²) in [5, 5.41) is 12.6. The Morgan fingerprint density at radius 2 is 1.68 bits per heavy atom. The molecule has 1 amide bonds. The Kier molecular flexibility index (Phi) is 6.48. The molecular weight excluding hydrogens is 404 g/mol. The fourth-order valence-corrected chi connectivity index (χ4v) is 4.15. The van der Waals surface area contributed by atoms with Crippen molar-refractivity contribution in [3.63, 3.8) is 0 Å². The summed E-state index contributed by atoms with van der Waals surface area (Å²) in [5.41, 5.74) is 4.19. The van der Waals surface area contributed by atoms with Crippen molar-refractivity contribution in [2.45, 2.75) is 25.0 Å². The lowest BCUT2D eigenvalue weighted by Crippen LogP contribution is -2.28. The lowest BCUT2D eigenvalue weighted by Gasteiger charge is -2.14. The molecule has 31 heavy (non-hydrogen) atoms. The van der Waals surface area contributed by atoms with E-state index < -0.39 is 0 Å². The highest BCUT2D eigenvalue weighted by atomic mass is 32.2. The topological polar surface area (TPSA) is 59.8 Å². The molecule has 0 saturated carbocycles. The average molecular weight is 429 g/mol. The summed E-state index contributed by atoms with van der Waals surface area (Å²) in [4.78, 5) is 12.6. The molecule has 0 aliphatic carbocycles. The van der Waals surface area contributed by atoms with Gasteiger partial charge >= 0.3 is 0 Å². The van der Waals surface area contributed by atoms with Gasteiger partial charge in [-0.15, -0.1) is 10.2 Å². The fourth-order valence-electron chi connectivity index (χ4n) is 3.38. The molecule has 1 N–H and O–H groups in total. The second-order valence-corrected chi connectivity index (χ2v) is 8.28. The van der Waals surface area contributed by atoms with Crippen LogP contribution < -0.4 is 5.32 Å². The molecular formula is C25H24N4OS. The summed E-state index contributed by atoms with van der Waals surface area (Å²) >= 11 is 1.38. The van der Waals surface area contributed by atoms with Crippen LogP contribution in [0.15, 0.2) is 90.1 Å². The van der Waals surface area contributed by atoms with Gasteiger partial charge in [-0.05, 0) is 37.6 Å². The highest BCUT2D eigenvalue weighted by Crippen LogP contribution is 2.28. The standard InChI is InChI=1S/C25H24N4OS/c1-18-10-9-13-21(16-18)24-27-28-25(29(24)22-14-7-4-8-15-22)31-17-23(30)26-19(2)20-11-5-3-6-12-20/h3-16,19H,17H2,1-2H3,(H,26,30)/t19-/m1/s1. The number of aryl methyl sites for hydroxylation is 1. The van der Waals surface area contributed by atoms with Crippen LogP contribution in [0.25, 0.3) is 17.1 Å². The van der Waals surface area contributed by atoms with Crippen molar-refractivity contribution in [1.82, 2.24) is 20.1 Å². The van der Waals surface area contributed by atoms with Gasteiger partial charge in [-0.1, -0.05) is 84.1 Å². The molecule has 0 spiro atoms. The summed E-state index contributed by atoms with van der Waals surface area (Å²) < 4.78 is 2.01. The third-order valence-corrected chi connectivity index (χ3v) is 5.86. The quantitative estimate of drug-likeness (QED) is 0.411. The monoisotopic (exact) mass is 428 g/mol. The van der Waals surface area contributed by atoms with Crippen molar-refractivity contribution < 1.29 is 4.79 Å². The lowest BCUT2D eigenvalue weighted by atomic mass is 10.1. The van der Waals surface area contributed by atoms with Crippen LogP contribution in [0, 0.1) is 6.92 Å². The number of nitrogens with one attached hydrogen (secondary N) is 1. The van der Waals surface area contributed by atoms with Gasteiger partial charge in [0.1, 0.15) is 0 Å². The molecule has 3 aromatic carbocycles. The molecule has 156 valence electrons. The van der Waals surface area contributed by atoms with E-state index in [1.54, 1.807) is 0 Å². The van der Waals surface area contributed by atoms with Crippen molar-refractivity contribution in [3.8, 4) is 17.1 Å². The van der Waals surface area contributed by atoms with Gasteiger partial charge in [0.05, 0.1) is 11.8 Å². The van der Waals surface area contributed by atoms with E-state index in [-0.39, 0.29) is 17.7 Å². The smallest absolute Gasteiger partial charge is 0.230 e. The van der Waals surface area contributed by atoms with Gasteiger partial charge in [0.25, 0.3) is 0 Å². The first-order valence-electron chi connectivity index (χ1n) is 10.2. The number of rotatable bonds is 7. The van der Waals surface area contributed by atoms with Gasteiger partial charge in [-0.25, -0.2) is 0 Å². The SMILES string of the molecule is Cc1cccc(-c2nnc(SCC(=O)N[C@H](C)c3ccccc3)n2-c2ccccc2)c1. The minimum atomic E-state index is -0.0517. The molecule has 5 nitrogen and oxygen atoms in total. The predicted molar refractivity (Wildman–Crippen MR) is 125 cm³/mol. The van der Waals surface area contributed by atoms with Gasteiger partial charge in [0.15, 0.2) is 11.0 Å². The zero-order valence-electron chi connectivity index (χ0n) is 17.5. The first-order valence-corrected chi connectivity index (χ1v) is 11.2. The van der Waals surface area contributed by atoms with Crippen LogP contribution in [0.3, 0.4) is 0 Å². The Bertz CT molecular complexity index is 1160. The van der Waals surface area contributed by atoms with Crippen LogP contribution >= 0.6 is 11.8 Å². The summed E-state index contributed by atoms with van der Waals surface area (Å²) in [5.74, 6) is 0.979. The average Bonchev–Trinajstić information content (AvgIpc) is 3.23. The van der Waals surface area contributed by atoms with Crippen LogP contribution in [-0.2, 0) is 4.79 Å². The zero-order valence-corrected chi connectivity index (χ0v) is 18.3. The van der Waals surface area contributed by atoms with Gasteiger partial charge < -0.3 is 5.32 Å². The predicted octanol–water partition coefficient (Wildman–Crippen LogP) is 5.21. The molecule has 4 rings (SSSR count). The normalized spacial score (nSPS) is 11.8. The summed E-state index contributed by atoms with van der Waals surface area (Å²) in [6.07, 6.45) is 0. The van der Waals surface area contributed by atoms with Crippen molar-refractivity contribution in [2.75, 3.05) is 5.75 Å². The molecule has 6 heteroatoms. The van der Waals surface area contributed by atoms with Crippen molar-refractivity contribution in [2.24, 2.45) is 0 Å². The Labute approximate surface area is 186 Å². The molecule has 0 radical (unpaired) electrons. The number of hydrogen-bond donors (Lipinski definition) is 1. The van der Waals surface area contributed by atoms with E-state index in [4.69, 9.17) is 0 Å². The maximum Gasteiger partial charge on any atom is 0.230 e. The third-order valence-electron chi connectivity index (χ3n) is 4.93. The van der Waals surface area contributed by atoms with Crippen molar-refractivity contribution >= 4 is 17.7 Å². The Balaban J connectivity index is 1.55. The number of para-hydroxylation sites is 1. The van der Waals surface area contributed by atoms with E-state index in [0.29, 0.717) is 5.16 Å². The summed E-state index contributed by atoms with van der Waals surface area (Å²) in [6, 6.07) is 28.1. The zero-order chi connectivity index (χ0) is 21.6. The number of amides is 1. The highest BCUT2D eigenvalue weighted by Gasteiger charge is 2.18. The number of aromatic nitrogens is 3. The molecule has 0 unspecified atom stereocenters. The van der Waals surface area contributed by atoms with Gasteiger partial charge in [0, 0.05) is 11.3 Å². The minimum Gasteiger partial charge on any atom is -0.349 e. The molecule has 0 aliphatic rings. The molecule has 4 aromatic rings. The van der Waals surface area contributed by atoms with E-state index in [1.807, 2.05) is 84.3 Å². The number of carbonyl (C=O) groups is 1. The second kappa shape index (κ2) is 9.62. The Morgan fingerprint density at radius 1 is 0.968 bits per heavy atom. The van der Waals surface area contributed by atoms with Crippen LogP contribution in [0.1, 0.15) is 24.1 Å².